The number of hydrogen-bond acceptors (Lipinski definition) is 2. The second-order valence-corrected chi connectivity index (χ2v) is 21.1. The number of hydrogen-bond donors (Lipinski definition) is 0. The molecule has 0 amide bonds. The lowest BCUT2D eigenvalue weighted by molar-refractivity contribution is 0.590. The predicted octanol–water partition coefficient (Wildman–Crippen LogP) is 15.5. The molecule has 3 nitrogen and oxygen atoms in total. The zero-order valence-electron chi connectivity index (χ0n) is 38.5. The third kappa shape index (κ3) is 5.51. The number of anilines is 3. The molecule has 0 aliphatic carbocycles. The normalized spacial score (nSPS) is 13.1. The Morgan fingerprint density at radius 3 is 1.87 bits per heavy atom. The Morgan fingerprint density at radius 2 is 1.06 bits per heavy atom. The van der Waals surface area contributed by atoms with E-state index in [-0.39, 0.29) is 12.1 Å². The van der Waals surface area contributed by atoms with Crippen molar-refractivity contribution in [3.05, 3.63) is 218 Å². The zero-order chi connectivity index (χ0) is 45.7. The number of fused-ring (bicyclic) bond motifs is 13. The molecule has 0 spiro atoms. The summed E-state index contributed by atoms with van der Waals surface area (Å²) in [5.41, 5.74) is 21.2. The topological polar surface area (TPSA) is 13.1 Å². The average Bonchev–Trinajstić information content (AvgIpc) is 4.04. The van der Waals surface area contributed by atoms with Crippen molar-refractivity contribution in [3.63, 3.8) is 0 Å². The van der Waals surface area contributed by atoms with Gasteiger partial charge in [0.25, 0.3) is 6.71 Å². The zero-order valence-corrected chi connectivity index (χ0v) is 39.4. The van der Waals surface area contributed by atoms with Crippen molar-refractivity contribution >= 4 is 115 Å². The molecule has 10 aromatic carbocycles. The Morgan fingerprint density at radius 1 is 0.391 bits per heavy atom. The molecule has 0 radical (unpaired) electrons. The van der Waals surface area contributed by atoms with E-state index in [0.717, 1.165) is 0 Å². The lowest BCUT2D eigenvalue weighted by atomic mass is 9.33. The maximum Gasteiger partial charge on any atom is 0.252 e. The molecular weight excluding hydrogens is 854 g/mol. The van der Waals surface area contributed by atoms with Crippen LogP contribution < -0.4 is 21.3 Å². The molecule has 0 saturated heterocycles. The smallest absolute Gasteiger partial charge is 0.252 e. The van der Waals surface area contributed by atoms with Gasteiger partial charge in [0, 0.05) is 75.5 Å². The van der Waals surface area contributed by atoms with Crippen molar-refractivity contribution in [1.82, 2.24) is 9.13 Å². The van der Waals surface area contributed by atoms with Crippen LogP contribution in [0.2, 0.25) is 0 Å². The largest absolute Gasteiger partial charge is 0.311 e. The first-order valence-electron chi connectivity index (χ1n) is 24.1. The van der Waals surface area contributed by atoms with E-state index in [0.29, 0.717) is 0 Å². The van der Waals surface area contributed by atoms with Gasteiger partial charge in [0.2, 0.25) is 0 Å². The highest BCUT2D eigenvalue weighted by atomic mass is 32.1. The van der Waals surface area contributed by atoms with Crippen molar-refractivity contribution in [2.24, 2.45) is 0 Å². The lowest BCUT2D eigenvalue weighted by Crippen LogP contribution is -2.60. The third-order valence-corrected chi connectivity index (χ3v) is 16.4. The van der Waals surface area contributed by atoms with E-state index in [1.807, 2.05) is 11.3 Å². The Bertz CT molecular complexity index is 4280. The summed E-state index contributed by atoms with van der Waals surface area (Å²) in [6, 6.07) is 80.1. The van der Waals surface area contributed by atoms with Gasteiger partial charge in [0.05, 0.1) is 22.2 Å². The van der Waals surface area contributed by atoms with Crippen LogP contribution in [0.3, 0.4) is 0 Å². The molecule has 0 bridgehead atoms. The summed E-state index contributed by atoms with van der Waals surface area (Å²) in [6.07, 6.45) is 0. The summed E-state index contributed by atoms with van der Waals surface area (Å²) in [5.74, 6) is 0. The highest BCUT2D eigenvalue weighted by Gasteiger charge is 2.43. The van der Waals surface area contributed by atoms with Crippen LogP contribution in [0.5, 0.6) is 0 Å². The quantitative estimate of drug-likeness (QED) is 0.160. The molecule has 0 saturated carbocycles. The molecule has 69 heavy (non-hydrogen) atoms. The van der Waals surface area contributed by atoms with Crippen LogP contribution in [0.1, 0.15) is 26.3 Å². The highest BCUT2D eigenvalue weighted by Crippen LogP contribution is 2.49. The SMILES string of the molecule is CC(C)(C)c1ccc(-c2cc3c4c(c2)-n2c5cc6c7ccccc7n(-c7ccccc7)c6cc5c5cccc(c52)B4c2cc4sc5ccccc5c4cc2N3c2ccccc2-c2ccccc2)cc1. The van der Waals surface area contributed by atoms with E-state index < -0.39 is 0 Å². The van der Waals surface area contributed by atoms with E-state index in [2.05, 4.69) is 247 Å². The van der Waals surface area contributed by atoms with Gasteiger partial charge in [-0.25, -0.2) is 0 Å². The first kappa shape index (κ1) is 38.9. The second-order valence-electron chi connectivity index (χ2n) is 20.1. The van der Waals surface area contributed by atoms with E-state index in [4.69, 9.17) is 0 Å². The Hall–Kier alpha value is -8.12. The summed E-state index contributed by atoms with van der Waals surface area (Å²) in [6.45, 7) is 6.89. The van der Waals surface area contributed by atoms with E-state index in [1.54, 1.807) is 0 Å². The number of rotatable bonds is 4. The second kappa shape index (κ2) is 14.2. The molecule has 5 heteroatoms. The van der Waals surface area contributed by atoms with Crippen molar-refractivity contribution in [3.8, 4) is 33.6 Å². The predicted molar refractivity (Wildman–Crippen MR) is 297 cm³/mol. The first-order valence-corrected chi connectivity index (χ1v) is 24.9. The Labute approximate surface area is 404 Å². The van der Waals surface area contributed by atoms with E-state index >= 15 is 0 Å². The number of nitrogens with zero attached hydrogens (tertiary/aromatic N) is 3. The molecule has 13 aromatic rings. The molecule has 0 fully saturated rings. The van der Waals surface area contributed by atoms with Gasteiger partial charge in [-0.2, -0.15) is 0 Å². The summed E-state index contributed by atoms with van der Waals surface area (Å²) < 4.78 is 7.73. The summed E-state index contributed by atoms with van der Waals surface area (Å²) >= 11 is 1.91. The summed E-state index contributed by atoms with van der Waals surface area (Å²) in [5, 5.41) is 7.66. The van der Waals surface area contributed by atoms with Gasteiger partial charge in [-0.15, -0.1) is 11.3 Å². The molecule has 2 aliphatic rings. The molecule has 0 atom stereocenters. The number of benzene rings is 10. The summed E-state index contributed by atoms with van der Waals surface area (Å²) in [4.78, 5) is 2.62. The van der Waals surface area contributed by atoms with Gasteiger partial charge in [-0.3, -0.25) is 0 Å². The molecule has 324 valence electrons. The van der Waals surface area contributed by atoms with Crippen LogP contribution in [-0.2, 0) is 5.41 Å². The van der Waals surface area contributed by atoms with Crippen molar-refractivity contribution < 1.29 is 0 Å². The maximum absolute atomic E-state index is 2.64. The highest BCUT2D eigenvalue weighted by molar-refractivity contribution is 7.26. The Balaban J connectivity index is 1.11. The van der Waals surface area contributed by atoms with Crippen LogP contribution in [0, 0.1) is 0 Å². The maximum atomic E-state index is 2.64. The molecule has 15 rings (SSSR count). The fraction of sp³-hybridized carbons (Fsp3) is 0.0625. The fourth-order valence-electron chi connectivity index (χ4n) is 12.1. The van der Waals surface area contributed by atoms with Crippen LogP contribution in [0.25, 0.3) is 97.4 Å². The van der Waals surface area contributed by atoms with Crippen LogP contribution in [0.15, 0.2) is 212 Å². The van der Waals surface area contributed by atoms with Gasteiger partial charge >= 0.3 is 0 Å². The number of thiophene rings is 1. The van der Waals surface area contributed by atoms with E-state index in [1.165, 1.54) is 136 Å². The minimum absolute atomic E-state index is 0.00836. The standard InChI is InChI=1S/C64H44BN3S/c1-64(2,3)42-31-29-39(30-32-42)41-33-58-62-59(34-41)68-56-35-48-45-22-11-14-27-54(45)66(43-19-8-5-9-20-43)55(48)36-49(56)47-24-16-25-51(63(47)68)65(62)52-38-61-50(46-23-12-15-28-60(46)69-61)37-57(52)67(58)53-26-13-10-21-44(53)40-17-6-4-7-18-40/h4-38H,1-3H3. The number of aromatic nitrogens is 2. The minimum atomic E-state index is -0.00836. The van der Waals surface area contributed by atoms with Crippen molar-refractivity contribution in [2.45, 2.75) is 26.2 Å². The van der Waals surface area contributed by atoms with Crippen LogP contribution >= 0.6 is 11.3 Å². The van der Waals surface area contributed by atoms with Crippen LogP contribution in [-0.4, -0.2) is 15.8 Å². The first-order chi connectivity index (χ1) is 33.9. The van der Waals surface area contributed by atoms with Gasteiger partial charge in [0.1, 0.15) is 0 Å². The average molecular weight is 898 g/mol. The van der Waals surface area contributed by atoms with E-state index in [9.17, 15) is 0 Å². The van der Waals surface area contributed by atoms with Gasteiger partial charge < -0.3 is 14.0 Å². The van der Waals surface area contributed by atoms with Gasteiger partial charge in [0.15, 0.2) is 0 Å². The molecular formula is C64H44BN3S. The molecule has 3 aromatic heterocycles. The van der Waals surface area contributed by atoms with Gasteiger partial charge in [-0.1, -0.05) is 166 Å². The third-order valence-electron chi connectivity index (χ3n) is 15.2. The molecule has 5 heterocycles. The lowest BCUT2D eigenvalue weighted by Gasteiger charge is -2.41. The minimum Gasteiger partial charge on any atom is -0.311 e. The number of para-hydroxylation sites is 4. The van der Waals surface area contributed by atoms with Gasteiger partial charge in [-0.05, 0) is 111 Å². The van der Waals surface area contributed by atoms with Crippen molar-refractivity contribution in [2.75, 3.05) is 4.90 Å². The molecule has 0 N–H and O–H groups in total. The fourth-order valence-corrected chi connectivity index (χ4v) is 13.2. The molecule has 2 aliphatic heterocycles. The van der Waals surface area contributed by atoms with Crippen molar-refractivity contribution in [1.29, 1.82) is 0 Å². The molecule has 0 unspecified atom stereocenters. The monoisotopic (exact) mass is 897 g/mol. The summed E-state index contributed by atoms with van der Waals surface area (Å²) in [7, 11) is 0. The van der Waals surface area contributed by atoms with Crippen LogP contribution in [0.4, 0.5) is 17.1 Å². The Kier molecular flexibility index (Phi) is 8.02.